The maximum absolute atomic E-state index is 11.4. The van der Waals surface area contributed by atoms with Gasteiger partial charge in [-0.05, 0) is 55.2 Å². The Hall–Kier alpha value is -4.11. The highest BCUT2D eigenvalue weighted by Crippen LogP contribution is 2.40. The summed E-state index contributed by atoms with van der Waals surface area (Å²) in [5.74, 6) is 0.178. The van der Waals surface area contributed by atoms with Gasteiger partial charge in [0.1, 0.15) is 29.4 Å². The molecule has 10 heteroatoms. The summed E-state index contributed by atoms with van der Waals surface area (Å²) in [6.45, 7) is 3.38. The molecule has 0 radical (unpaired) electrons. The number of benzene rings is 2. The number of nitrogens with zero attached hydrogens (tertiary/aromatic N) is 4. The molecule has 5 aromatic rings. The van der Waals surface area contributed by atoms with E-state index in [0.29, 0.717) is 28.0 Å². The standard InChI is InChI=1S/C27H25ClN6O3/c1-14-9-17(28)10-22-24(14)37-27(33-22)32-18-5-3-16(4-6-18)21-12-34(26-23(21)25(29)30-13-31-26)19-7-8-20(11-19)36-15(2)35/h3-6,9-10,12-13,19-20H,7-8,11H2,1-2H3,(H,32,33)(H2,29,30,31)/t19-,20+/m0/s1. The fourth-order valence-corrected chi connectivity index (χ4v) is 5.45. The lowest BCUT2D eigenvalue weighted by molar-refractivity contribution is -0.146. The van der Waals surface area contributed by atoms with Gasteiger partial charge in [0.15, 0.2) is 5.58 Å². The minimum atomic E-state index is -0.249. The van der Waals surface area contributed by atoms with Gasteiger partial charge in [0.05, 0.1) is 5.39 Å². The van der Waals surface area contributed by atoms with Gasteiger partial charge in [0.2, 0.25) is 0 Å². The van der Waals surface area contributed by atoms with E-state index in [1.165, 1.54) is 13.3 Å². The molecular weight excluding hydrogens is 492 g/mol. The maximum Gasteiger partial charge on any atom is 0.302 e. The number of carbonyl (C=O) groups excluding carboxylic acids is 1. The highest BCUT2D eigenvalue weighted by atomic mass is 35.5. The number of aromatic nitrogens is 4. The van der Waals surface area contributed by atoms with E-state index >= 15 is 0 Å². The Morgan fingerprint density at radius 1 is 1.22 bits per heavy atom. The van der Waals surface area contributed by atoms with Crippen LogP contribution in [0.5, 0.6) is 0 Å². The Morgan fingerprint density at radius 2 is 2.03 bits per heavy atom. The number of nitrogen functional groups attached to an aromatic ring is 1. The van der Waals surface area contributed by atoms with Crippen LogP contribution in [0.15, 0.2) is 53.3 Å². The number of hydrogen-bond acceptors (Lipinski definition) is 8. The topological polar surface area (TPSA) is 121 Å². The van der Waals surface area contributed by atoms with Gasteiger partial charge < -0.3 is 24.8 Å². The lowest BCUT2D eigenvalue weighted by Gasteiger charge is -2.14. The van der Waals surface area contributed by atoms with Gasteiger partial charge in [-0.3, -0.25) is 4.79 Å². The Morgan fingerprint density at radius 3 is 2.81 bits per heavy atom. The van der Waals surface area contributed by atoms with Crippen LogP contribution in [0.4, 0.5) is 17.5 Å². The van der Waals surface area contributed by atoms with Gasteiger partial charge >= 0.3 is 5.97 Å². The molecule has 3 aromatic heterocycles. The second-order valence-electron chi connectivity index (χ2n) is 9.40. The number of halogens is 1. The van der Waals surface area contributed by atoms with E-state index in [2.05, 4.69) is 31.0 Å². The van der Waals surface area contributed by atoms with Crippen molar-refractivity contribution in [1.82, 2.24) is 19.5 Å². The second-order valence-corrected chi connectivity index (χ2v) is 9.83. The predicted molar refractivity (Wildman–Crippen MR) is 143 cm³/mol. The molecule has 37 heavy (non-hydrogen) atoms. The van der Waals surface area contributed by atoms with E-state index in [1.807, 2.05) is 37.3 Å². The van der Waals surface area contributed by atoms with Crippen molar-refractivity contribution in [3.63, 3.8) is 0 Å². The van der Waals surface area contributed by atoms with Gasteiger partial charge in [-0.25, -0.2) is 9.97 Å². The van der Waals surface area contributed by atoms with Gasteiger partial charge in [0.25, 0.3) is 6.01 Å². The minimum Gasteiger partial charge on any atom is -0.462 e. The van der Waals surface area contributed by atoms with Gasteiger partial charge in [0, 0.05) is 41.9 Å². The first-order valence-corrected chi connectivity index (χ1v) is 12.5. The van der Waals surface area contributed by atoms with Crippen LogP contribution in [-0.4, -0.2) is 31.6 Å². The molecule has 3 heterocycles. The maximum atomic E-state index is 11.4. The molecule has 0 aliphatic heterocycles. The molecule has 2 atom stereocenters. The number of esters is 1. The summed E-state index contributed by atoms with van der Waals surface area (Å²) in [4.78, 5) is 24.7. The molecule has 0 spiro atoms. The first-order valence-electron chi connectivity index (χ1n) is 12.1. The Kier molecular flexibility index (Phi) is 5.72. The average Bonchev–Trinajstić information content (AvgIpc) is 3.57. The third-order valence-electron chi connectivity index (χ3n) is 6.81. The highest BCUT2D eigenvalue weighted by molar-refractivity contribution is 6.31. The number of carbonyl (C=O) groups is 1. The summed E-state index contributed by atoms with van der Waals surface area (Å²) in [7, 11) is 0. The molecule has 2 aromatic carbocycles. The van der Waals surface area contributed by atoms with Crippen molar-refractivity contribution in [2.24, 2.45) is 0 Å². The van der Waals surface area contributed by atoms with Crippen LogP contribution in [0.3, 0.4) is 0 Å². The number of nitrogens with two attached hydrogens (primary N) is 1. The van der Waals surface area contributed by atoms with Crippen LogP contribution in [-0.2, 0) is 9.53 Å². The van der Waals surface area contributed by atoms with Gasteiger partial charge in [-0.2, -0.15) is 4.98 Å². The van der Waals surface area contributed by atoms with Crippen molar-refractivity contribution in [2.75, 3.05) is 11.1 Å². The third kappa shape index (κ3) is 4.35. The first-order chi connectivity index (χ1) is 17.9. The van der Waals surface area contributed by atoms with E-state index in [1.54, 1.807) is 6.07 Å². The SMILES string of the molecule is CC(=O)O[C@@H]1CC[C@H](n2cc(-c3ccc(Nc4nc5cc(Cl)cc(C)c5o4)cc3)c3c(N)ncnc32)C1. The molecule has 1 aliphatic carbocycles. The molecule has 0 saturated heterocycles. The van der Waals surface area contributed by atoms with E-state index in [0.717, 1.165) is 52.7 Å². The van der Waals surface area contributed by atoms with Crippen LogP contribution in [0.2, 0.25) is 5.02 Å². The normalized spacial score (nSPS) is 17.5. The number of nitrogens with one attached hydrogen (secondary N) is 1. The minimum absolute atomic E-state index is 0.0837. The van der Waals surface area contributed by atoms with Crippen LogP contribution in [0.25, 0.3) is 33.3 Å². The molecule has 0 bridgehead atoms. The fourth-order valence-electron chi connectivity index (χ4n) is 5.18. The van der Waals surface area contributed by atoms with Gasteiger partial charge in [-0.1, -0.05) is 23.7 Å². The molecule has 1 fully saturated rings. The van der Waals surface area contributed by atoms with Crippen molar-refractivity contribution >= 4 is 57.2 Å². The van der Waals surface area contributed by atoms with E-state index < -0.39 is 0 Å². The smallest absolute Gasteiger partial charge is 0.302 e. The van der Waals surface area contributed by atoms with Crippen molar-refractivity contribution in [3.05, 3.63) is 59.5 Å². The summed E-state index contributed by atoms with van der Waals surface area (Å²) in [6, 6.07) is 12.1. The zero-order chi connectivity index (χ0) is 25.7. The fraction of sp³-hybridized carbons (Fsp3) is 0.259. The first kappa shape index (κ1) is 23.3. The van der Waals surface area contributed by atoms with E-state index in [-0.39, 0.29) is 18.1 Å². The second kappa shape index (κ2) is 9.08. The number of oxazole rings is 1. The number of hydrogen-bond donors (Lipinski definition) is 2. The number of anilines is 3. The summed E-state index contributed by atoms with van der Waals surface area (Å²) in [5.41, 5.74) is 12.2. The van der Waals surface area contributed by atoms with Crippen molar-refractivity contribution < 1.29 is 13.9 Å². The third-order valence-corrected chi connectivity index (χ3v) is 7.03. The van der Waals surface area contributed by atoms with Crippen molar-refractivity contribution in [2.45, 2.75) is 45.3 Å². The molecule has 0 amide bonds. The molecule has 9 nitrogen and oxygen atoms in total. The average molecular weight is 517 g/mol. The molecule has 0 unspecified atom stereocenters. The van der Waals surface area contributed by atoms with Crippen LogP contribution in [0.1, 0.15) is 37.8 Å². The van der Waals surface area contributed by atoms with E-state index in [9.17, 15) is 4.79 Å². The molecule has 1 saturated carbocycles. The molecular formula is C27H25ClN6O3. The lowest BCUT2D eigenvalue weighted by Crippen LogP contribution is -2.13. The Bertz CT molecular complexity index is 1640. The van der Waals surface area contributed by atoms with Gasteiger partial charge in [-0.15, -0.1) is 0 Å². The van der Waals surface area contributed by atoms with Crippen LogP contribution >= 0.6 is 11.6 Å². The summed E-state index contributed by atoms with van der Waals surface area (Å²) in [6.07, 6.45) is 5.93. The Labute approximate surface area is 217 Å². The quantitative estimate of drug-likeness (QED) is 0.265. The zero-order valence-electron chi connectivity index (χ0n) is 20.4. The highest BCUT2D eigenvalue weighted by Gasteiger charge is 2.30. The molecule has 6 rings (SSSR count). The molecule has 1 aliphatic rings. The lowest BCUT2D eigenvalue weighted by atomic mass is 10.1. The van der Waals surface area contributed by atoms with Crippen LogP contribution in [0, 0.1) is 6.92 Å². The van der Waals surface area contributed by atoms with Crippen molar-refractivity contribution in [3.8, 4) is 11.1 Å². The summed E-state index contributed by atoms with van der Waals surface area (Å²) < 4.78 is 13.5. The summed E-state index contributed by atoms with van der Waals surface area (Å²) in [5, 5.41) is 4.65. The monoisotopic (exact) mass is 516 g/mol. The molecule has 188 valence electrons. The zero-order valence-corrected chi connectivity index (χ0v) is 21.1. The number of fused-ring (bicyclic) bond motifs is 2. The predicted octanol–water partition coefficient (Wildman–Crippen LogP) is 6.18. The van der Waals surface area contributed by atoms with Crippen molar-refractivity contribution in [1.29, 1.82) is 0 Å². The van der Waals surface area contributed by atoms with E-state index in [4.69, 9.17) is 26.5 Å². The number of aryl methyl sites for hydroxylation is 1. The number of rotatable bonds is 5. The number of ether oxygens (including phenoxy) is 1. The summed E-state index contributed by atoms with van der Waals surface area (Å²) >= 11 is 6.15. The Balaban J connectivity index is 1.30. The van der Waals surface area contributed by atoms with Crippen LogP contribution < -0.4 is 11.1 Å². The molecule has 3 N–H and O–H groups in total. The largest absolute Gasteiger partial charge is 0.462 e.